The van der Waals surface area contributed by atoms with Crippen LogP contribution in [-0.4, -0.2) is 24.3 Å². The van der Waals surface area contributed by atoms with Gasteiger partial charge >= 0.3 is 6.55 Å². The van der Waals surface area contributed by atoms with Crippen LogP contribution in [0.3, 0.4) is 0 Å². The Morgan fingerprint density at radius 2 is 1.96 bits per heavy atom. The predicted octanol–water partition coefficient (Wildman–Crippen LogP) is 4.72. The fourth-order valence-corrected chi connectivity index (χ4v) is 3.63. The van der Waals surface area contributed by atoms with E-state index in [1.807, 2.05) is 47.9 Å². The first kappa shape index (κ1) is 17.5. The molecule has 0 amide bonds. The lowest BCUT2D eigenvalue weighted by molar-refractivity contribution is 0.0678. The number of para-hydroxylation sites is 1. The lowest BCUT2D eigenvalue weighted by Gasteiger charge is -2.10. The molecule has 138 valence electrons. The van der Waals surface area contributed by atoms with Crippen LogP contribution in [-0.2, 0) is 5.75 Å². The molecular formula is C18H15F2N5OS. The van der Waals surface area contributed by atoms with Gasteiger partial charge in [-0.2, -0.15) is 8.78 Å². The van der Waals surface area contributed by atoms with Crippen molar-refractivity contribution in [1.82, 2.24) is 24.3 Å². The molecule has 0 spiro atoms. The second-order valence-electron chi connectivity index (χ2n) is 5.68. The van der Waals surface area contributed by atoms with Crippen molar-refractivity contribution < 1.29 is 13.2 Å². The Morgan fingerprint density at radius 1 is 1.15 bits per heavy atom. The number of rotatable bonds is 6. The number of aryl methyl sites for hydroxylation is 1. The summed E-state index contributed by atoms with van der Waals surface area (Å²) >= 11 is 1.30. The van der Waals surface area contributed by atoms with Gasteiger partial charge in [-0.25, -0.2) is 4.98 Å². The van der Waals surface area contributed by atoms with Crippen LogP contribution in [0.4, 0.5) is 8.78 Å². The van der Waals surface area contributed by atoms with Crippen LogP contribution in [0, 0.1) is 6.92 Å². The summed E-state index contributed by atoms with van der Waals surface area (Å²) in [6.07, 6.45) is 4.23. The zero-order chi connectivity index (χ0) is 18.8. The Bertz CT molecular complexity index is 1040. The highest BCUT2D eigenvalue weighted by Crippen LogP contribution is 2.31. The number of thioether (sulfide) groups is 1. The molecule has 27 heavy (non-hydrogen) atoms. The molecular weight excluding hydrogens is 372 g/mol. The predicted molar refractivity (Wildman–Crippen MR) is 96.8 cm³/mol. The Hall–Kier alpha value is -2.94. The van der Waals surface area contributed by atoms with E-state index in [-0.39, 0.29) is 11.6 Å². The minimum Gasteiger partial charge on any atom is -0.469 e. The SMILES string of the molecule is Cc1occc1-c1nnc(SCc2nccn2C(F)F)n1-c1ccccc1. The summed E-state index contributed by atoms with van der Waals surface area (Å²) in [6, 6.07) is 11.5. The number of halogens is 2. The normalized spacial score (nSPS) is 11.4. The van der Waals surface area contributed by atoms with E-state index in [1.54, 1.807) is 6.26 Å². The molecule has 0 bridgehead atoms. The zero-order valence-electron chi connectivity index (χ0n) is 14.3. The maximum Gasteiger partial charge on any atom is 0.319 e. The molecule has 0 saturated heterocycles. The van der Waals surface area contributed by atoms with Gasteiger partial charge in [0.2, 0.25) is 0 Å². The summed E-state index contributed by atoms with van der Waals surface area (Å²) in [4.78, 5) is 4.02. The first-order valence-electron chi connectivity index (χ1n) is 8.13. The maximum absolute atomic E-state index is 13.0. The van der Waals surface area contributed by atoms with Crippen molar-refractivity contribution in [3.05, 3.63) is 66.6 Å². The first-order valence-corrected chi connectivity index (χ1v) is 9.11. The summed E-state index contributed by atoms with van der Waals surface area (Å²) in [5.41, 5.74) is 1.70. The average molecular weight is 387 g/mol. The van der Waals surface area contributed by atoms with Gasteiger partial charge in [0.25, 0.3) is 0 Å². The van der Waals surface area contributed by atoms with Crippen LogP contribution in [0.2, 0.25) is 0 Å². The van der Waals surface area contributed by atoms with Gasteiger partial charge in [0, 0.05) is 18.1 Å². The summed E-state index contributed by atoms with van der Waals surface area (Å²) in [5, 5.41) is 9.17. The molecule has 9 heteroatoms. The highest BCUT2D eigenvalue weighted by Gasteiger charge is 2.20. The van der Waals surface area contributed by atoms with Crippen molar-refractivity contribution in [2.24, 2.45) is 0 Å². The van der Waals surface area contributed by atoms with Crippen LogP contribution < -0.4 is 0 Å². The van der Waals surface area contributed by atoms with Crippen molar-refractivity contribution in [2.75, 3.05) is 0 Å². The molecule has 0 radical (unpaired) electrons. The second kappa shape index (κ2) is 7.36. The molecule has 4 aromatic rings. The molecule has 1 aromatic carbocycles. The number of hydrogen-bond donors (Lipinski definition) is 0. The number of imidazole rings is 1. The highest BCUT2D eigenvalue weighted by atomic mass is 32.2. The molecule has 0 N–H and O–H groups in total. The van der Waals surface area contributed by atoms with E-state index >= 15 is 0 Å². The van der Waals surface area contributed by atoms with Crippen molar-refractivity contribution in [2.45, 2.75) is 24.4 Å². The lowest BCUT2D eigenvalue weighted by Crippen LogP contribution is -2.03. The largest absolute Gasteiger partial charge is 0.469 e. The van der Waals surface area contributed by atoms with E-state index < -0.39 is 6.55 Å². The smallest absolute Gasteiger partial charge is 0.319 e. The van der Waals surface area contributed by atoms with E-state index in [4.69, 9.17) is 4.42 Å². The highest BCUT2D eigenvalue weighted by molar-refractivity contribution is 7.98. The number of nitrogens with zero attached hydrogens (tertiary/aromatic N) is 5. The summed E-state index contributed by atoms with van der Waals surface area (Å²) < 4.78 is 34.2. The number of aromatic nitrogens is 5. The third-order valence-corrected chi connectivity index (χ3v) is 4.96. The van der Waals surface area contributed by atoms with E-state index in [1.165, 1.54) is 24.2 Å². The topological polar surface area (TPSA) is 61.7 Å². The van der Waals surface area contributed by atoms with Crippen molar-refractivity contribution in [3.8, 4) is 17.1 Å². The Labute approximate surface area is 157 Å². The van der Waals surface area contributed by atoms with Gasteiger partial charge in [-0.1, -0.05) is 30.0 Å². The summed E-state index contributed by atoms with van der Waals surface area (Å²) in [6.45, 7) is -0.773. The summed E-state index contributed by atoms with van der Waals surface area (Å²) in [7, 11) is 0. The van der Waals surface area contributed by atoms with Crippen molar-refractivity contribution in [3.63, 3.8) is 0 Å². The molecule has 0 aliphatic carbocycles. The first-order chi connectivity index (χ1) is 13.1. The fourth-order valence-electron chi connectivity index (χ4n) is 2.73. The molecule has 0 aliphatic rings. The number of alkyl halides is 2. The van der Waals surface area contributed by atoms with Crippen molar-refractivity contribution in [1.29, 1.82) is 0 Å². The molecule has 0 aliphatic heterocycles. The summed E-state index contributed by atoms with van der Waals surface area (Å²) in [5.74, 6) is 1.88. The van der Waals surface area contributed by atoms with Gasteiger partial charge in [0.15, 0.2) is 11.0 Å². The van der Waals surface area contributed by atoms with E-state index in [9.17, 15) is 8.78 Å². The molecule has 0 saturated carbocycles. The molecule has 0 atom stereocenters. The van der Waals surface area contributed by atoms with E-state index in [2.05, 4.69) is 15.2 Å². The van der Waals surface area contributed by atoms with E-state index in [0.717, 1.165) is 21.6 Å². The van der Waals surface area contributed by atoms with Crippen LogP contribution in [0.1, 0.15) is 18.1 Å². The average Bonchev–Trinajstić information content (AvgIpc) is 3.39. The van der Waals surface area contributed by atoms with Gasteiger partial charge < -0.3 is 4.42 Å². The van der Waals surface area contributed by atoms with Gasteiger partial charge in [0.1, 0.15) is 11.6 Å². The second-order valence-corrected chi connectivity index (χ2v) is 6.63. The van der Waals surface area contributed by atoms with Gasteiger partial charge in [-0.05, 0) is 25.1 Å². The number of furan rings is 1. The molecule has 3 aromatic heterocycles. The zero-order valence-corrected chi connectivity index (χ0v) is 15.1. The minimum absolute atomic E-state index is 0.243. The van der Waals surface area contributed by atoms with Crippen LogP contribution in [0.15, 0.2) is 64.6 Å². The Morgan fingerprint density at radius 3 is 2.67 bits per heavy atom. The fraction of sp³-hybridized carbons (Fsp3) is 0.167. The lowest BCUT2D eigenvalue weighted by atomic mass is 10.2. The monoisotopic (exact) mass is 387 g/mol. The third kappa shape index (κ3) is 3.37. The third-order valence-electron chi connectivity index (χ3n) is 4.04. The van der Waals surface area contributed by atoms with Crippen LogP contribution in [0.25, 0.3) is 17.1 Å². The Kier molecular flexibility index (Phi) is 4.76. The molecule has 3 heterocycles. The number of hydrogen-bond acceptors (Lipinski definition) is 5. The van der Waals surface area contributed by atoms with Gasteiger partial charge in [-0.15, -0.1) is 10.2 Å². The Balaban J connectivity index is 1.72. The number of benzene rings is 1. The standard InChI is InChI=1S/C18H15F2N5OS/c1-12-14(7-10-26-12)16-22-23-18(25(16)13-5-3-2-4-6-13)27-11-15-21-8-9-24(15)17(19)20/h2-10,17H,11H2,1H3. The van der Waals surface area contributed by atoms with Crippen LogP contribution >= 0.6 is 11.8 Å². The quantitative estimate of drug-likeness (QED) is 0.448. The molecule has 6 nitrogen and oxygen atoms in total. The van der Waals surface area contributed by atoms with Gasteiger partial charge in [-0.3, -0.25) is 9.13 Å². The molecule has 0 unspecified atom stereocenters. The van der Waals surface area contributed by atoms with E-state index in [0.29, 0.717) is 11.0 Å². The van der Waals surface area contributed by atoms with Crippen LogP contribution in [0.5, 0.6) is 0 Å². The molecule has 4 rings (SSSR count). The maximum atomic E-state index is 13.0. The van der Waals surface area contributed by atoms with Gasteiger partial charge in [0.05, 0.1) is 17.6 Å². The minimum atomic E-state index is -2.63. The molecule has 0 fully saturated rings. The van der Waals surface area contributed by atoms with Crippen molar-refractivity contribution >= 4 is 11.8 Å².